The van der Waals surface area contributed by atoms with Gasteiger partial charge in [-0.25, -0.2) is 9.97 Å². The summed E-state index contributed by atoms with van der Waals surface area (Å²) in [7, 11) is 0. The minimum Gasteiger partial charge on any atom is -0.344 e. The summed E-state index contributed by atoms with van der Waals surface area (Å²) in [4.78, 5) is 40.0. The van der Waals surface area contributed by atoms with Crippen molar-refractivity contribution >= 4 is 23.0 Å². The minimum absolute atomic E-state index is 0.0261. The molecule has 8 nitrogen and oxygen atoms in total. The van der Waals surface area contributed by atoms with E-state index in [-0.39, 0.29) is 23.7 Å². The maximum Gasteiger partial charge on any atom is 0.255 e. The van der Waals surface area contributed by atoms with E-state index in [0.717, 1.165) is 31.4 Å². The highest BCUT2D eigenvalue weighted by atomic mass is 16.2. The maximum absolute atomic E-state index is 13.1. The lowest BCUT2D eigenvalue weighted by Crippen LogP contribution is -2.51. The molecule has 0 radical (unpaired) electrons. The summed E-state index contributed by atoms with van der Waals surface area (Å²) in [6, 6.07) is 1.78. The van der Waals surface area contributed by atoms with Crippen molar-refractivity contribution in [3.63, 3.8) is 0 Å². The molecule has 0 spiro atoms. The average Bonchev–Trinajstić information content (AvgIpc) is 3.68. The van der Waals surface area contributed by atoms with Gasteiger partial charge in [0.1, 0.15) is 11.6 Å². The summed E-state index contributed by atoms with van der Waals surface area (Å²) >= 11 is 0. The van der Waals surface area contributed by atoms with Crippen LogP contribution in [0.15, 0.2) is 12.4 Å². The second kappa shape index (κ2) is 7.14. The number of amides is 2. The molecule has 2 amide bonds. The van der Waals surface area contributed by atoms with Crippen LogP contribution in [0.25, 0.3) is 11.2 Å². The van der Waals surface area contributed by atoms with E-state index in [1.165, 1.54) is 0 Å². The highest BCUT2D eigenvalue weighted by Gasteiger charge is 2.40. The number of fused-ring (bicyclic) bond motifs is 1. The lowest BCUT2D eigenvalue weighted by atomic mass is 9.97. The summed E-state index contributed by atoms with van der Waals surface area (Å²) in [5, 5.41) is 12.0. The number of nitriles is 1. The molecule has 1 saturated heterocycles. The SMILES string of the molecule is N#CC1CCN(C(=O)[C@H](NC(=O)c2c[nH]c3ncc(C4CC4)nc23)C2CC2)CC1. The molecule has 0 unspecified atom stereocenters. The van der Waals surface area contributed by atoms with E-state index in [1.54, 1.807) is 17.3 Å². The number of carbonyl (C=O) groups excluding carboxylic acids is 2. The van der Waals surface area contributed by atoms with Crippen LogP contribution in [0.2, 0.25) is 0 Å². The molecule has 0 bridgehead atoms. The Balaban J connectivity index is 1.33. The number of hydrogen-bond donors (Lipinski definition) is 2. The predicted octanol–water partition coefficient (Wildman–Crippen LogP) is 2.11. The number of rotatable bonds is 5. The van der Waals surface area contributed by atoms with Gasteiger partial charge in [0.15, 0.2) is 5.65 Å². The van der Waals surface area contributed by atoms with Crippen LogP contribution in [0.1, 0.15) is 60.5 Å². The molecular formula is C21H24N6O2. The Bertz CT molecular complexity index is 992. The predicted molar refractivity (Wildman–Crippen MR) is 105 cm³/mol. The van der Waals surface area contributed by atoms with E-state index >= 15 is 0 Å². The molecule has 2 saturated carbocycles. The van der Waals surface area contributed by atoms with Crippen molar-refractivity contribution in [1.82, 2.24) is 25.2 Å². The summed E-state index contributed by atoms with van der Waals surface area (Å²) in [6.07, 6.45) is 8.95. The second-order valence-corrected chi connectivity index (χ2v) is 8.49. The quantitative estimate of drug-likeness (QED) is 0.809. The molecule has 3 aliphatic rings. The first kappa shape index (κ1) is 18.1. The Morgan fingerprint density at radius 1 is 1.21 bits per heavy atom. The van der Waals surface area contributed by atoms with Crippen LogP contribution >= 0.6 is 0 Å². The Morgan fingerprint density at radius 3 is 2.62 bits per heavy atom. The third kappa shape index (κ3) is 3.57. The Hall–Kier alpha value is -2.95. The molecule has 150 valence electrons. The van der Waals surface area contributed by atoms with Gasteiger partial charge >= 0.3 is 0 Å². The van der Waals surface area contributed by atoms with Crippen LogP contribution in [-0.4, -0.2) is 50.8 Å². The van der Waals surface area contributed by atoms with Gasteiger partial charge in [-0.15, -0.1) is 0 Å². The summed E-state index contributed by atoms with van der Waals surface area (Å²) in [5.74, 6) is 0.365. The van der Waals surface area contributed by atoms with Gasteiger partial charge in [0.2, 0.25) is 5.91 Å². The third-order valence-corrected chi connectivity index (χ3v) is 6.27. The van der Waals surface area contributed by atoms with Gasteiger partial charge in [-0.2, -0.15) is 5.26 Å². The fraction of sp³-hybridized carbons (Fsp3) is 0.571. The Morgan fingerprint density at radius 2 is 1.97 bits per heavy atom. The van der Waals surface area contributed by atoms with Crippen molar-refractivity contribution in [3.05, 3.63) is 23.7 Å². The van der Waals surface area contributed by atoms with E-state index in [0.29, 0.717) is 48.6 Å². The van der Waals surface area contributed by atoms with Crippen molar-refractivity contribution in [3.8, 4) is 6.07 Å². The van der Waals surface area contributed by atoms with Gasteiger partial charge in [-0.3, -0.25) is 9.59 Å². The number of H-pyrrole nitrogens is 1. The number of piperidine rings is 1. The number of carbonyl (C=O) groups is 2. The highest BCUT2D eigenvalue weighted by molar-refractivity contribution is 6.06. The van der Waals surface area contributed by atoms with E-state index < -0.39 is 6.04 Å². The molecule has 2 aromatic rings. The fourth-order valence-electron chi connectivity index (χ4n) is 4.11. The molecule has 3 fully saturated rings. The summed E-state index contributed by atoms with van der Waals surface area (Å²) in [6.45, 7) is 1.17. The third-order valence-electron chi connectivity index (χ3n) is 6.27. The lowest BCUT2D eigenvalue weighted by molar-refractivity contribution is -0.135. The summed E-state index contributed by atoms with van der Waals surface area (Å²) in [5.41, 5.74) is 2.54. The van der Waals surface area contributed by atoms with Gasteiger partial charge in [0.05, 0.1) is 23.5 Å². The van der Waals surface area contributed by atoms with Gasteiger partial charge in [0, 0.05) is 31.1 Å². The van der Waals surface area contributed by atoms with Gasteiger partial charge < -0.3 is 15.2 Å². The van der Waals surface area contributed by atoms with Crippen LogP contribution in [0, 0.1) is 23.2 Å². The monoisotopic (exact) mass is 392 g/mol. The standard InChI is InChI=1S/C21H24N6O2/c22-9-12-5-7-27(8-6-12)21(29)17(14-3-4-14)26-20(28)15-10-23-19-18(15)25-16(11-24-19)13-1-2-13/h10-14,17H,1-8H2,(H,23,24)(H,26,28)/t17-/m1/s1. The summed E-state index contributed by atoms with van der Waals surface area (Å²) < 4.78 is 0. The molecule has 2 aliphatic carbocycles. The normalized spacial score (nSPS) is 21.0. The van der Waals surface area contributed by atoms with E-state index in [1.807, 2.05) is 0 Å². The first-order valence-corrected chi connectivity index (χ1v) is 10.5. The van der Waals surface area contributed by atoms with E-state index in [2.05, 4.69) is 26.3 Å². The van der Waals surface area contributed by atoms with Gasteiger partial charge in [-0.1, -0.05) is 0 Å². The smallest absolute Gasteiger partial charge is 0.255 e. The van der Waals surface area contributed by atoms with Crippen LogP contribution in [0.4, 0.5) is 0 Å². The topological polar surface area (TPSA) is 115 Å². The first-order chi connectivity index (χ1) is 14.1. The molecule has 2 N–H and O–H groups in total. The molecule has 0 aromatic carbocycles. The number of nitrogens with one attached hydrogen (secondary N) is 2. The van der Waals surface area contributed by atoms with Crippen molar-refractivity contribution < 1.29 is 9.59 Å². The Labute approximate surface area is 168 Å². The van der Waals surface area contributed by atoms with Gasteiger partial charge in [-0.05, 0) is 44.4 Å². The molecule has 1 aliphatic heterocycles. The van der Waals surface area contributed by atoms with Gasteiger partial charge in [0.25, 0.3) is 5.91 Å². The van der Waals surface area contributed by atoms with E-state index in [9.17, 15) is 9.59 Å². The molecule has 29 heavy (non-hydrogen) atoms. The van der Waals surface area contributed by atoms with E-state index in [4.69, 9.17) is 5.26 Å². The zero-order valence-corrected chi connectivity index (χ0v) is 16.2. The highest BCUT2D eigenvalue weighted by Crippen LogP contribution is 2.39. The number of aromatic nitrogens is 3. The second-order valence-electron chi connectivity index (χ2n) is 8.49. The zero-order chi connectivity index (χ0) is 20.0. The largest absolute Gasteiger partial charge is 0.344 e. The maximum atomic E-state index is 13.1. The molecule has 8 heteroatoms. The first-order valence-electron chi connectivity index (χ1n) is 10.5. The molecule has 5 rings (SSSR count). The van der Waals surface area contributed by atoms with Crippen molar-refractivity contribution in [2.24, 2.45) is 11.8 Å². The van der Waals surface area contributed by atoms with Crippen molar-refractivity contribution in [1.29, 1.82) is 5.26 Å². The van der Waals surface area contributed by atoms with Crippen molar-refractivity contribution in [2.45, 2.75) is 50.5 Å². The lowest BCUT2D eigenvalue weighted by Gasteiger charge is -2.32. The molecule has 2 aromatic heterocycles. The average molecular weight is 392 g/mol. The fourth-order valence-corrected chi connectivity index (χ4v) is 4.11. The molecule has 3 heterocycles. The zero-order valence-electron chi connectivity index (χ0n) is 16.2. The van der Waals surface area contributed by atoms with Crippen LogP contribution in [0.5, 0.6) is 0 Å². The van der Waals surface area contributed by atoms with Crippen LogP contribution < -0.4 is 5.32 Å². The Kier molecular flexibility index (Phi) is 4.46. The minimum atomic E-state index is -0.509. The number of likely N-dealkylation sites (tertiary alicyclic amines) is 1. The van der Waals surface area contributed by atoms with Crippen molar-refractivity contribution in [2.75, 3.05) is 13.1 Å². The van der Waals surface area contributed by atoms with Crippen LogP contribution in [0.3, 0.4) is 0 Å². The van der Waals surface area contributed by atoms with Crippen LogP contribution in [-0.2, 0) is 4.79 Å². The molecular weight excluding hydrogens is 368 g/mol. The number of aromatic amines is 1. The molecule has 1 atom stereocenters. The number of hydrogen-bond acceptors (Lipinski definition) is 5. The number of nitrogens with zero attached hydrogens (tertiary/aromatic N) is 4.